The van der Waals surface area contributed by atoms with Crippen molar-refractivity contribution in [1.82, 2.24) is 24.4 Å². The summed E-state index contributed by atoms with van der Waals surface area (Å²) in [4.78, 5) is 16.5. The molecule has 0 N–H and O–H groups in total. The standard InChI is InChI=1S/C16H15N7OS/c24-16-11-9-23(20-12(11)10-22(16)15-5-6-17-25-15)14-4-3-13(18-19-14)21-7-1-2-8-21/h3-6,9H,1-2,7-8,10H2. The predicted molar refractivity (Wildman–Crippen MR) is 93.2 cm³/mol. The van der Waals surface area contributed by atoms with Crippen molar-refractivity contribution >= 4 is 28.3 Å². The second kappa shape index (κ2) is 5.62. The highest BCUT2D eigenvalue weighted by molar-refractivity contribution is 7.10. The van der Waals surface area contributed by atoms with Crippen LogP contribution in [0.2, 0.25) is 0 Å². The summed E-state index contributed by atoms with van der Waals surface area (Å²) < 4.78 is 5.69. The highest BCUT2D eigenvalue weighted by Gasteiger charge is 2.32. The van der Waals surface area contributed by atoms with Gasteiger partial charge in [0, 0.05) is 25.5 Å². The second-order valence-electron chi connectivity index (χ2n) is 6.12. The van der Waals surface area contributed by atoms with Gasteiger partial charge in [-0.3, -0.25) is 9.69 Å². The van der Waals surface area contributed by atoms with Crippen LogP contribution < -0.4 is 9.80 Å². The molecule has 2 aliphatic heterocycles. The highest BCUT2D eigenvalue weighted by atomic mass is 32.1. The number of amides is 1. The first-order valence-corrected chi connectivity index (χ1v) is 8.97. The fourth-order valence-electron chi connectivity index (χ4n) is 3.27. The van der Waals surface area contributed by atoms with Gasteiger partial charge in [0.05, 0.1) is 17.8 Å². The van der Waals surface area contributed by atoms with E-state index in [1.807, 2.05) is 18.2 Å². The van der Waals surface area contributed by atoms with Gasteiger partial charge in [-0.15, -0.1) is 10.2 Å². The summed E-state index contributed by atoms with van der Waals surface area (Å²) in [6, 6.07) is 5.70. The minimum Gasteiger partial charge on any atom is -0.355 e. The van der Waals surface area contributed by atoms with Gasteiger partial charge in [0.2, 0.25) is 0 Å². The molecule has 0 aliphatic carbocycles. The Hall–Kier alpha value is -2.81. The molecule has 0 aromatic carbocycles. The first kappa shape index (κ1) is 14.5. The molecule has 8 nitrogen and oxygen atoms in total. The maximum atomic E-state index is 12.6. The molecule has 0 saturated carbocycles. The molecule has 5 heterocycles. The molecular formula is C16H15N7OS. The molecular weight excluding hydrogens is 338 g/mol. The van der Waals surface area contributed by atoms with Crippen LogP contribution in [0.5, 0.6) is 0 Å². The highest BCUT2D eigenvalue weighted by Crippen LogP contribution is 2.30. The average Bonchev–Trinajstić information content (AvgIpc) is 3.42. The minimum absolute atomic E-state index is 0.0489. The lowest BCUT2D eigenvalue weighted by molar-refractivity contribution is 0.0997. The first-order chi connectivity index (χ1) is 12.3. The van der Waals surface area contributed by atoms with Crippen molar-refractivity contribution in [3.63, 3.8) is 0 Å². The lowest BCUT2D eigenvalue weighted by Gasteiger charge is -2.15. The zero-order valence-corrected chi connectivity index (χ0v) is 14.2. The summed E-state index contributed by atoms with van der Waals surface area (Å²) >= 11 is 1.31. The van der Waals surface area contributed by atoms with Crippen LogP contribution in [-0.4, -0.2) is 43.3 Å². The Bertz CT molecular complexity index is 913. The van der Waals surface area contributed by atoms with Crippen molar-refractivity contribution in [2.24, 2.45) is 0 Å². The van der Waals surface area contributed by atoms with Crippen molar-refractivity contribution < 1.29 is 4.79 Å². The molecule has 3 aromatic rings. The van der Waals surface area contributed by atoms with Crippen LogP contribution in [-0.2, 0) is 6.54 Å². The first-order valence-electron chi connectivity index (χ1n) is 8.20. The lowest BCUT2D eigenvalue weighted by atomic mass is 10.3. The van der Waals surface area contributed by atoms with Gasteiger partial charge in [-0.2, -0.15) is 9.47 Å². The van der Waals surface area contributed by atoms with E-state index in [0.29, 0.717) is 17.9 Å². The summed E-state index contributed by atoms with van der Waals surface area (Å²) in [5, 5.41) is 13.9. The number of hydrogen-bond donors (Lipinski definition) is 0. The number of carbonyl (C=O) groups excluding carboxylic acids is 1. The Labute approximate surface area is 147 Å². The topological polar surface area (TPSA) is 80.0 Å². The number of anilines is 2. The normalized spacial score (nSPS) is 16.7. The third-order valence-electron chi connectivity index (χ3n) is 4.57. The summed E-state index contributed by atoms with van der Waals surface area (Å²) in [7, 11) is 0. The summed E-state index contributed by atoms with van der Waals surface area (Å²) in [5.41, 5.74) is 1.36. The number of fused-ring (bicyclic) bond motifs is 1. The molecule has 1 amide bonds. The molecule has 0 spiro atoms. The van der Waals surface area contributed by atoms with Crippen molar-refractivity contribution in [2.45, 2.75) is 19.4 Å². The Morgan fingerprint density at radius 2 is 1.84 bits per heavy atom. The molecule has 1 fully saturated rings. The minimum atomic E-state index is -0.0489. The summed E-state index contributed by atoms with van der Waals surface area (Å²) in [5.74, 6) is 1.47. The van der Waals surface area contributed by atoms with Gasteiger partial charge in [0.1, 0.15) is 5.00 Å². The summed E-state index contributed by atoms with van der Waals surface area (Å²) in [6.07, 6.45) is 5.83. The molecule has 2 aliphatic rings. The van der Waals surface area contributed by atoms with E-state index in [4.69, 9.17) is 0 Å². The maximum absolute atomic E-state index is 12.6. The van der Waals surface area contributed by atoms with Crippen molar-refractivity contribution in [2.75, 3.05) is 22.9 Å². The Morgan fingerprint density at radius 1 is 1.04 bits per heavy atom. The van der Waals surface area contributed by atoms with Gasteiger partial charge in [-0.1, -0.05) is 0 Å². The van der Waals surface area contributed by atoms with E-state index in [0.717, 1.165) is 29.6 Å². The number of rotatable bonds is 3. The average molecular weight is 353 g/mol. The van der Waals surface area contributed by atoms with Gasteiger partial charge in [-0.05, 0) is 42.6 Å². The van der Waals surface area contributed by atoms with E-state index in [2.05, 4.69) is 24.6 Å². The van der Waals surface area contributed by atoms with Crippen molar-refractivity contribution in [3.8, 4) is 5.82 Å². The van der Waals surface area contributed by atoms with Crippen molar-refractivity contribution in [1.29, 1.82) is 0 Å². The van der Waals surface area contributed by atoms with Crippen LogP contribution in [0, 0.1) is 0 Å². The molecule has 25 heavy (non-hydrogen) atoms. The van der Waals surface area contributed by atoms with Gasteiger partial charge >= 0.3 is 0 Å². The molecule has 1 saturated heterocycles. The van der Waals surface area contributed by atoms with E-state index in [1.165, 1.54) is 24.4 Å². The van der Waals surface area contributed by atoms with Gasteiger partial charge < -0.3 is 4.90 Å². The lowest BCUT2D eigenvalue weighted by Crippen LogP contribution is -2.23. The van der Waals surface area contributed by atoms with E-state index >= 15 is 0 Å². The number of nitrogens with zero attached hydrogens (tertiary/aromatic N) is 7. The van der Waals surface area contributed by atoms with E-state index in [1.54, 1.807) is 22.0 Å². The van der Waals surface area contributed by atoms with Crippen LogP contribution in [0.1, 0.15) is 28.9 Å². The quantitative estimate of drug-likeness (QED) is 0.715. The van der Waals surface area contributed by atoms with Gasteiger partial charge in [-0.25, -0.2) is 4.68 Å². The van der Waals surface area contributed by atoms with Crippen LogP contribution in [0.15, 0.2) is 30.6 Å². The Balaban J connectivity index is 1.40. The second-order valence-corrected chi connectivity index (χ2v) is 6.93. The molecule has 0 bridgehead atoms. The Kier molecular flexibility index (Phi) is 3.27. The SMILES string of the molecule is O=C1c2cn(-c3ccc(N4CCCC4)nn3)nc2CN1c1ccns1. The molecule has 9 heteroatoms. The predicted octanol–water partition coefficient (Wildman–Crippen LogP) is 1.88. The molecule has 0 atom stereocenters. The smallest absolute Gasteiger partial charge is 0.262 e. The van der Waals surface area contributed by atoms with Crippen molar-refractivity contribution in [3.05, 3.63) is 41.9 Å². The molecule has 5 rings (SSSR count). The fraction of sp³-hybridized carbons (Fsp3) is 0.312. The molecule has 3 aromatic heterocycles. The third kappa shape index (κ3) is 2.39. The molecule has 0 unspecified atom stereocenters. The number of aromatic nitrogens is 5. The summed E-state index contributed by atoms with van der Waals surface area (Å²) in [6.45, 7) is 2.53. The van der Waals surface area contributed by atoms with Crippen LogP contribution in [0.3, 0.4) is 0 Å². The molecule has 0 radical (unpaired) electrons. The van der Waals surface area contributed by atoms with Gasteiger partial charge in [0.15, 0.2) is 11.6 Å². The number of carbonyl (C=O) groups is 1. The van der Waals surface area contributed by atoms with Crippen LogP contribution in [0.4, 0.5) is 10.8 Å². The van der Waals surface area contributed by atoms with Gasteiger partial charge in [0.25, 0.3) is 5.91 Å². The zero-order valence-electron chi connectivity index (χ0n) is 13.4. The number of hydrogen-bond acceptors (Lipinski definition) is 7. The van der Waals surface area contributed by atoms with Crippen LogP contribution in [0.25, 0.3) is 5.82 Å². The fourth-order valence-corrected chi connectivity index (χ4v) is 3.87. The molecule has 126 valence electrons. The third-order valence-corrected chi connectivity index (χ3v) is 5.34. The monoisotopic (exact) mass is 353 g/mol. The van der Waals surface area contributed by atoms with E-state index in [9.17, 15) is 4.79 Å². The largest absolute Gasteiger partial charge is 0.355 e. The van der Waals surface area contributed by atoms with E-state index < -0.39 is 0 Å². The van der Waals surface area contributed by atoms with E-state index in [-0.39, 0.29) is 5.91 Å². The van der Waals surface area contributed by atoms with Crippen LogP contribution >= 0.6 is 11.5 Å². The maximum Gasteiger partial charge on any atom is 0.262 e. The Morgan fingerprint density at radius 3 is 2.52 bits per heavy atom. The zero-order chi connectivity index (χ0) is 16.8.